The first-order chi connectivity index (χ1) is 8.49. The molecule has 0 saturated heterocycles. The fraction of sp³-hybridized carbons (Fsp3) is 0.500. The van der Waals surface area contributed by atoms with Gasteiger partial charge in [0.2, 0.25) is 5.91 Å². The molecule has 18 heavy (non-hydrogen) atoms. The molecule has 0 aliphatic carbocycles. The van der Waals surface area contributed by atoms with Crippen LogP contribution >= 0.6 is 11.6 Å². The molecule has 0 radical (unpaired) electrons. The molecule has 1 atom stereocenters. The van der Waals surface area contributed by atoms with Crippen LogP contribution in [-0.4, -0.2) is 18.5 Å². The molecule has 0 unspecified atom stereocenters. The highest BCUT2D eigenvalue weighted by molar-refractivity contribution is 6.30. The minimum absolute atomic E-state index is 0.0780. The van der Waals surface area contributed by atoms with E-state index in [1.807, 2.05) is 24.3 Å². The molecule has 4 heteroatoms. The van der Waals surface area contributed by atoms with Crippen LogP contribution in [-0.2, 0) is 11.2 Å². The maximum absolute atomic E-state index is 11.7. The Labute approximate surface area is 114 Å². The lowest BCUT2D eigenvalue weighted by atomic mass is 10.0. The van der Waals surface area contributed by atoms with Gasteiger partial charge in [0.15, 0.2) is 0 Å². The summed E-state index contributed by atoms with van der Waals surface area (Å²) < 4.78 is 0. The first kappa shape index (κ1) is 15.0. The van der Waals surface area contributed by atoms with E-state index in [0.717, 1.165) is 17.0 Å². The van der Waals surface area contributed by atoms with E-state index in [4.69, 9.17) is 17.3 Å². The molecule has 1 amide bonds. The van der Waals surface area contributed by atoms with E-state index in [2.05, 4.69) is 19.2 Å². The van der Waals surface area contributed by atoms with Crippen molar-refractivity contribution in [1.29, 1.82) is 0 Å². The number of nitrogens with two attached hydrogens (primary N) is 1. The number of carbonyl (C=O) groups excluding carboxylic acids is 1. The van der Waals surface area contributed by atoms with Crippen molar-refractivity contribution in [2.45, 2.75) is 32.7 Å². The minimum atomic E-state index is -0.413. The van der Waals surface area contributed by atoms with Crippen LogP contribution in [0.25, 0.3) is 0 Å². The first-order valence-electron chi connectivity index (χ1n) is 6.26. The van der Waals surface area contributed by atoms with E-state index in [-0.39, 0.29) is 5.91 Å². The van der Waals surface area contributed by atoms with Gasteiger partial charge in [-0.2, -0.15) is 0 Å². The lowest BCUT2D eigenvalue weighted by Crippen LogP contribution is -2.42. The van der Waals surface area contributed by atoms with Crippen LogP contribution in [0.1, 0.15) is 25.8 Å². The Kier molecular flexibility index (Phi) is 6.16. The van der Waals surface area contributed by atoms with Crippen molar-refractivity contribution in [1.82, 2.24) is 5.32 Å². The molecule has 0 aromatic heterocycles. The topological polar surface area (TPSA) is 55.1 Å². The molecule has 1 aromatic rings. The molecule has 0 aliphatic rings. The van der Waals surface area contributed by atoms with Gasteiger partial charge in [-0.15, -0.1) is 0 Å². The normalized spacial score (nSPS) is 12.5. The number of hydrogen-bond acceptors (Lipinski definition) is 2. The summed E-state index contributed by atoms with van der Waals surface area (Å²) in [6, 6.07) is 7.23. The molecular weight excluding hydrogens is 248 g/mol. The highest BCUT2D eigenvalue weighted by atomic mass is 35.5. The molecule has 3 N–H and O–H groups in total. The van der Waals surface area contributed by atoms with Gasteiger partial charge in [0.1, 0.15) is 0 Å². The van der Waals surface area contributed by atoms with Crippen molar-refractivity contribution in [3.63, 3.8) is 0 Å². The number of hydrogen-bond donors (Lipinski definition) is 2. The summed E-state index contributed by atoms with van der Waals surface area (Å²) >= 11 is 5.89. The Morgan fingerprint density at radius 2 is 2.17 bits per heavy atom. The third-order valence-electron chi connectivity index (χ3n) is 2.66. The number of nitrogens with one attached hydrogen (secondary N) is 1. The zero-order chi connectivity index (χ0) is 13.5. The summed E-state index contributed by atoms with van der Waals surface area (Å²) in [7, 11) is 0. The summed E-state index contributed by atoms with van der Waals surface area (Å²) in [5.74, 6) is 0.351. The average molecular weight is 269 g/mol. The maximum atomic E-state index is 11.7. The highest BCUT2D eigenvalue weighted by Gasteiger charge is 2.13. The van der Waals surface area contributed by atoms with E-state index < -0.39 is 6.04 Å². The van der Waals surface area contributed by atoms with Crippen LogP contribution < -0.4 is 11.1 Å². The van der Waals surface area contributed by atoms with E-state index in [1.165, 1.54) is 0 Å². The number of amides is 1. The molecule has 0 spiro atoms. The van der Waals surface area contributed by atoms with Crippen LogP contribution in [0, 0.1) is 5.92 Å². The Morgan fingerprint density at radius 1 is 1.44 bits per heavy atom. The van der Waals surface area contributed by atoms with Crippen molar-refractivity contribution in [3.8, 4) is 0 Å². The molecule has 0 saturated carbocycles. The summed E-state index contributed by atoms with van der Waals surface area (Å²) in [6.45, 7) is 4.70. The quantitative estimate of drug-likeness (QED) is 0.832. The van der Waals surface area contributed by atoms with Crippen LogP contribution in [0.15, 0.2) is 24.3 Å². The predicted molar refractivity (Wildman–Crippen MR) is 75.6 cm³/mol. The van der Waals surface area contributed by atoms with E-state index in [0.29, 0.717) is 18.9 Å². The van der Waals surface area contributed by atoms with Gasteiger partial charge >= 0.3 is 0 Å². The minimum Gasteiger partial charge on any atom is -0.354 e. The molecule has 0 heterocycles. The summed E-state index contributed by atoms with van der Waals surface area (Å²) in [4.78, 5) is 11.7. The summed E-state index contributed by atoms with van der Waals surface area (Å²) in [5, 5.41) is 3.57. The standard InChI is InChI=1S/C14H21ClN2O/c1-10(2)8-13(16)14(18)17-7-6-11-4-3-5-12(15)9-11/h3-5,9-10,13H,6-8,16H2,1-2H3,(H,17,18)/t13-/m0/s1. The van der Waals surface area contributed by atoms with E-state index >= 15 is 0 Å². The van der Waals surface area contributed by atoms with Gasteiger partial charge in [-0.25, -0.2) is 0 Å². The van der Waals surface area contributed by atoms with E-state index in [9.17, 15) is 4.79 Å². The molecule has 1 rings (SSSR count). The molecule has 3 nitrogen and oxygen atoms in total. The van der Waals surface area contributed by atoms with Crippen LogP contribution in [0.5, 0.6) is 0 Å². The Morgan fingerprint density at radius 3 is 2.78 bits per heavy atom. The number of halogens is 1. The molecule has 100 valence electrons. The smallest absolute Gasteiger partial charge is 0.236 e. The van der Waals surface area contributed by atoms with Crippen LogP contribution in [0.3, 0.4) is 0 Å². The lowest BCUT2D eigenvalue weighted by Gasteiger charge is -2.14. The van der Waals surface area contributed by atoms with Crippen molar-refractivity contribution in [2.24, 2.45) is 11.7 Å². The molecule has 0 fully saturated rings. The second-order valence-corrected chi connectivity index (χ2v) is 5.34. The SMILES string of the molecule is CC(C)C[C@H](N)C(=O)NCCc1cccc(Cl)c1. The van der Waals surface area contributed by atoms with E-state index in [1.54, 1.807) is 0 Å². The zero-order valence-electron chi connectivity index (χ0n) is 10.9. The zero-order valence-corrected chi connectivity index (χ0v) is 11.7. The van der Waals surface area contributed by atoms with Crippen LogP contribution in [0.2, 0.25) is 5.02 Å². The van der Waals surface area contributed by atoms with Gasteiger partial charge in [0.25, 0.3) is 0 Å². The summed E-state index contributed by atoms with van der Waals surface area (Å²) in [6.07, 6.45) is 1.48. The summed E-state index contributed by atoms with van der Waals surface area (Å²) in [5.41, 5.74) is 6.90. The van der Waals surface area contributed by atoms with Gasteiger partial charge in [-0.1, -0.05) is 37.6 Å². The Hall–Kier alpha value is -1.06. The average Bonchev–Trinajstić information content (AvgIpc) is 2.28. The van der Waals surface area contributed by atoms with Crippen molar-refractivity contribution in [3.05, 3.63) is 34.9 Å². The monoisotopic (exact) mass is 268 g/mol. The maximum Gasteiger partial charge on any atom is 0.236 e. The number of rotatable bonds is 6. The van der Waals surface area contributed by atoms with Crippen molar-refractivity contribution >= 4 is 17.5 Å². The second kappa shape index (κ2) is 7.39. The van der Waals surface area contributed by atoms with Gasteiger partial charge in [-0.05, 0) is 36.5 Å². The molecule has 0 bridgehead atoms. The van der Waals surface area contributed by atoms with Crippen LogP contribution in [0.4, 0.5) is 0 Å². The Bertz CT molecular complexity index is 393. The Balaban J connectivity index is 2.31. The van der Waals surface area contributed by atoms with Gasteiger partial charge in [0, 0.05) is 11.6 Å². The van der Waals surface area contributed by atoms with Crippen molar-refractivity contribution < 1.29 is 4.79 Å². The predicted octanol–water partition coefficient (Wildman–Crippen LogP) is 2.37. The first-order valence-corrected chi connectivity index (χ1v) is 6.64. The molecule has 0 aliphatic heterocycles. The van der Waals surface area contributed by atoms with Gasteiger partial charge < -0.3 is 11.1 Å². The third kappa shape index (κ3) is 5.52. The fourth-order valence-electron chi connectivity index (χ4n) is 1.77. The molecule has 1 aromatic carbocycles. The van der Waals surface area contributed by atoms with Gasteiger partial charge in [0.05, 0.1) is 6.04 Å². The largest absolute Gasteiger partial charge is 0.354 e. The second-order valence-electron chi connectivity index (χ2n) is 4.91. The third-order valence-corrected chi connectivity index (χ3v) is 2.90. The number of benzene rings is 1. The van der Waals surface area contributed by atoms with Gasteiger partial charge in [-0.3, -0.25) is 4.79 Å². The lowest BCUT2D eigenvalue weighted by molar-refractivity contribution is -0.122. The number of carbonyl (C=O) groups is 1. The fourth-order valence-corrected chi connectivity index (χ4v) is 1.98. The molecular formula is C14H21ClN2O. The van der Waals surface area contributed by atoms with Crippen molar-refractivity contribution in [2.75, 3.05) is 6.54 Å². The highest BCUT2D eigenvalue weighted by Crippen LogP contribution is 2.10.